The second-order valence-electron chi connectivity index (χ2n) is 6.23. The fraction of sp³-hybridized carbons (Fsp3) is 0.182. The summed E-state index contributed by atoms with van der Waals surface area (Å²) in [6.07, 6.45) is 0.830. The number of ether oxygens (including phenoxy) is 1. The van der Waals surface area contributed by atoms with Crippen molar-refractivity contribution in [1.82, 2.24) is 5.32 Å². The normalized spacial score (nSPS) is 10.4. The molecule has 3 rings (SSSR count). The molecule has 0 aliphatic carbocycles. The Bertz CT molecular complexity index is 887. The molecule has 0 aliphatic rings. The van der Waals surface area contributed by atoms with E-state index < -0.39 is 0 Å². The van der Waals surface area contributed by atoms with Crippen molar-refractivity contribution in [2.75, 3.05) is 6.54 Å². The molecule has 0 bridgehead atoms. The average molecular weight is 441 g/mol. The molecule has 2 nitrogen and oxygen atoms in total. The van der Waals surface area contributed by atoms with E-state index in [2.05, 4.69) is 5.32 Å². The van der Waals surface area contributed by atoms with Gasteiger partial charge in [-0.05, 0) is 66.1 Å². The van der Waals surface area contributed by atoms with E-state index in [1.807, 2.05) is 36.4 Å². The van der Waals surface area contributed by atoms with E-state index in [0.717, 1.165) is 42.0 Å². The fourth-order valence-electron chi connectivity index (χ4n) is 2.67. The molecule has 0 aliphatic heterocycles. The number of hydrogen-bond donors (Lipinski definition) is 1. The molecule has 0 radical (unpaired) electrons. The van der Waals surface area contributed by atoms with Crippen molar-refractivity contribution >= 4 is 35.6 Å². The van der Waals surface area contributed by atoms with Gasteiger partial charge in [0, 0.05) is 16.6 Å². The van der Waals surface area contributed by atoms with Crippen molar-refractivity contribution < 1.29 is 9.13 Å². The van der Waals surface area contributed by atoms with E-state index in [0.29, 0.717) is 16.7 Å². The third-order valence-electron chi connectivity index (χ3n) is 4.13. The molecule has 0 unspecified atom stereocenters. The van der Waals surface area contributed by atoms with Crippen molar-refractivity contribution in [3.63, 3.8) is 0 Å². The molecule has 148 valence electrons. The zero-order valence-corrected chi connectivity index (χ0v) is 17.5. The Balaban J connectivity index is 0.00000280. The molecular weight excluding hydrogens is 420 g/mol. The van der Waals surface area contributed by atoms with Crippen LogP contribution < -0.4 is 10.1 Å². The van der Waals surface area contributed by atoms with Gasteiger partial charge < -0.3 is 10.1 Å². The number of benzene rings is 3. The zero-order chi connectivity index (χ0) is 19.1. The molecular formula is C22H21Cl3FNO. The topological polar surface area (TPSA) is 21.3 Å². The van der Waals surface area contributed by atoms with E-state index in [1.54, 1.807) is 18.2 Å². The number of hydrogen-bond acceptors (Lipinski definition) is 2. The molecule has 0 fully saturated rings. The van der Waals surface area contributed by atoms with Crippen molar-refractivity contribution in [2.24, 2.45) is 0 Å². The van der Waals surface area contributed by atoms with Crippen LogP contribution in [0.4, 0.5) is 4.39 Å². The maximum Gasteiger partial charge on any atom is 0.123 e. The summed E-state index contributed by atoms with van der Waals surface area (Å²) < 4.78 is 18.7. The largest absolute Gasteiger partial charge is 0.489 e. The fourth-order valence-corrected chi connectivity index (χ4v) is 3.18. The molecule has 0 amide bonds. The van der Waals surface area contributed by atoms with Gasteiger partial charge in [-0.2, -0.15) is 0 Å². The van der Waals surface area contributed by atoms with Gasteiger partial charge >= 0.3 is 0 Å². The maximum atomic E-state index is 12.9. The smallest absolute Gasteiger partial charge is 0.123 e. The van der Waals surface area contributed by atoms with Crippen LogP contribution >= 0.6 is 35.6 Å². The van der Waals surface area contributed by atoms with Gasteiger partial charge in [-0.3, -0.25) is 0 Å². The summed E-state index contributed by atoms with van der Waals surface area (Å²) in [5, 5.41) is 4.75. The predicted octanol–water partition coefficient (Wildman–Crippen LogP) is 6.47. The van der Waals surface area contributed by atoms with E-state index >= 15 is 0 Å². The van der Waals surface area contributed by atoms with Crippen molar-refractivity contribution in [2.45, 2.75) is 19.6 Å². The molecule has 6 heteroatoms. The van der Waals surface area contributed by atoms with Crippen molar-refractivity contribution in [3.05, 3.63) is 99.3 Å². The van der Waals surface area contributed by atoms with Gasteiger partial charge in [-0.1, -0.05) is 53.5 Å². The Morgan fingerprint density at radius 2 is 1.68 bits per heavy atom. The lowest BCUT2D eigenvalue weighted by molar-refractivity contribution is 0.305. The maximum absolute atomic E-state index is 12.9. The lowest BCUT2D eigenvalue weighted by Crippen LogP contribution is -2.16. The summed E-state index contributed by atoms with van der Waals surface area (Å²) in [6.45, 7) is 1.95. The monoisotopic (exact) mass is 439 g/mol. The Morgan fingerprint density at radius 1 is 0.893 bits per heavy atom. The Morgan fingerprint density at radius 3 is 2.43 bits per heavy atom. The lowest BCUT2D eigenvalue weighted by atomic mass is 10.1. The van der Waals surface area contributed by atoms with Crippen LogP contribution in [0, 0.1) is 5.82 Å². The van der Waals surface area contributed by atoms with E-state index in [-0.39, 0.29) is 18.2 Å². The SMILES string of the molecule is Cl.Fc1ccc(COc2cccc(CNCCc3ccc(Cl)cc3Cl)c2)cc1. The van der Waals surface area contributed by atoms with Crippen LogP contribution in [0.15, 0.2) is 66.7 Å². The molecule has 0 heterocycles. The minimum Gasteiger partial charge on any atom is -0.489 e. The van der Waals surface area contributed by atoms with E-state index in [4.69, 9.17) is 27.9 Å². The Hall–Kier alpha value is -1.78. The van der Waals surface area contributed by atoms with Crippen LogP contribution in [0.3, 0.4) is 0 Å². The third kappa shape index (κ3) is 6.99. The minimum atomic E-state index is -0.244. The van der Waals surface area contributed by atoms with E-state index in [9.17, 15) is 4.39 Å². The summed E-state index contributed by atoms with van der Waals surface area (Å²) in [7, 11) is 0. The van der Waals surface area contributed by atoms with Crippen LogP contribution in [-0.4, -0.2) is 6.54 Å². The van der Waals surface area contributed by atoms with Gasteiger partial charge in [0.15, 0.2) is 0 Å². The quantitative estimate of drug-likeness (QED) is 0.406. The summed E-state index contributed by atoms with van der Waals surface area (Å²) in [6, 6.07) is 19.8. The Kier molecular flexibility index (Phi) is 9.07. The molecule has 0 spiro atoms. The van der Waals surface area contributed by atoms with Gasteiger partial charge in [-0.25, -0.2) is 4.39 Å². The standard InChI is InChI=1S/C22H20Cl2FNO.ClH/c23-19-7-6-18(22(24)13-19)10-11-26-14-17-2-1-3-21(12-17)27-15-16-4-8-20(25)9-5-16;/h1-9,12-13,26H,10-11,14-15H2;1H. The average Bonchev–Trinajstić information content (AvgIpc) is 2.66. The van der Waals surface area contributed by atoms with Crippen LogP contribution in [0.2, 0.25) is 10.0 Å². The first-order valence-electron chi connectivity index (χ1n) is 8.71. The molecule has 0 saturated heterocycles. The van der Waals surface area contributed by atoms with Gasteiger partial charge in [0.2, 0.25) is 0 Å². The van der Waals surface area contributed by atoms with Crippen LogP contribution in [-0.2, 0) is 19.6 Å². The first-order chi connectivity index (χ1) is 13.1. The summed E-state index contributed by atoms with van der Waals surface area (Å²) in [4.78, 5) is 0. The first kappa shape index (κ1) is 22.5. The van der Waals surface area contributed by atoms with Gasteiger partial charge in [-0.15, -0.1) is 12.4 Å². The minimum absolute atomic E-state index is 0. The number of rotatable bonds is 8. The summed E-state index contributed by atoms with van der Waals surface area (Å²) >= 11 is 12.1. The molecule has 3 aromatic rings. The molecule has 28 heavy (non-hydrogen) atoms. The molecule has 0 aromatic heterocycles. The summed E-state index contributed by atoms with van der Waals surface area (Å²) in [5.74, 6) is 0.547. The van der Waals surface area contributed by atoms with Crippen molar-refractivity contribution in [1.29, 1.82) is 0 Å². The second kappa shape index (κ2) is 11.3. The van der Waals surface area contributed by atoms with Crippen LogP contribution in [0.25, 0.3) is 0 Å². The first-order valence-corrected chi connectivity index (χ1v) is 9.46. The van der Waals surface area contributed by atoms with Crippen LogP contribution in [0.5, 0.6) is 5.75 Å². The van der Waals surface area contributed by atoms with Gasteiger partial charge in [0.05, 0.1) is 0 Å². The highest BCUT2D eigenvalue weighted by Crippen LogP contribution is 2.21. The van der Waals surface area contributed by atoms with Crippen LogP contribution in [0.1, 0.15) is 16.7 Å². The van der Waals surface area contributed by atoms with Gasteiger partial charge in [0.1, 0.15) is 18.2 Å². The molecule has 3 aromatic carbocycles. The predicted molar refractivity (Wildman–Crippen MR) is 116 cm³/mol. The third-order valence-corrected chi connectivity index (χ3v) is 4.72. The number of nitrogens with one attached hydrogen (secondary N) is 1. The zero-order valence-electron chi connectivity index (χ0n) is 15.1. The highest BCUT2D eigenvalue weighted by molar-refractivity contribution is 6.35. The van der Waals surface area contributed by atoms with Crippen molar-refractivity contribution in [3.8, 4) is 5.75 Å². The molecule has 0 saturated carbocycles. The molecule has 0 atom stereocenters. The van der Waals surface area contributed by atoms with E-state index in [1.165, 1.54) is 12.1 Å². The summed E-state index contributed by atoms with van der Waals surface area (Å²) in [5.41, 5.74) is 3.14. The highest BCUT2D eigenvalue weighted by atomic mass is 35.5. The number of halogens is 4. The van der Waals surface area contributed by atoms with Gasteiger partial charge in [0.25, 0.3) is 0 Å². The lowest BCUT2D eigenvalue weighted by Gasteiger charge is -2.10. The highest BCUT2D eigenvalue weighted by Gasteiger charge is 2.02. The molecule has 1 N–H and O–H groups in total. The Labute approximate surface area is 181 Å². The second-order valence-corrected chi connectivity index (χ2v) is 7.07.